The van der Waals surface area contributed by atoms with Gasteiger partial charge in [0.1, 0.15) is 0 Å². The molecule has 3 aromatic carbocycles. The van der Waals surface area contributed by atoms with E-state index >= 15 is 0 Å². The van der Waals surface area contributed by atoms with Crippen molar-refractivity contribution in [1.29, 1.82) is 0 Å². The topological polar surface area (TPSA) is 35.5 Å². The van der Waals surface area contributed by atoms with E-state index in [4.69, 9.17) is 0 Å². The standard InChI is InChI=1S/C35H48N2O/c1-10-21-37(35(7,8)9)26(3)32-18-14-13-17-29(32)23-31(38)20-19-30-22-27-15-11-12-16-28(27)24-33(30)25(2)36-34(4,5)6/h11-18,22,24,31,36,38H,2-3,10,19-21,23H2,1,4-9H3. The first-order valence-corrected chi connectivity index (χ1v) is 14.0. The van der Waals surface area contributed by atoms with Crippen LogP contribution >= 0.6 is 0 Å². The predicted octanol–water partition coefficient (Wildman–Crippen LogP) is 8.22. The maximum atomic E-state index is 11.2. The Hall–Kier alpha value is -3.04. The molecule has 0 radical (unpaired) electrons. The van der Waals surface area contributed by atoms with E-state index in [9.17, 15) is 5.11 Å². The van der Waals surface area contributed by atoms with Crippen molar-refractivity contribution in [1.82, 2.24) is 10.2 Å². The molecule has 3 aromatic rings. The van der Waals surface area contributed by atoms with Gasteiger partial charge < -0.3 is 15.3 Å². The van der Waals surface area contributed by atoms with Crippen molar-refractivity contribution in [2.45, 2.75) is 91.3 Å². The summed E-state index contributed by atoms with van der Waals surface area (Å²) in [7, 11) is 0. The van der Waals surface area contributed by atoms with Gasteiger partial charge in [0.25, 0.3) is 0 Å². The van der Waals surface area contributed by atoms with E-state index in [1.54, 1.807) is 0 Å². The summed E-state index contributed by atoms with van der Waals surface area (Å²) in [6.45, 7) is 25.2. The Morgan fingerprint density at radius 3 is 2.08 bits per heavy atom. The fourth-order valence-corrected chi connectivity index (χ4v) is 5.20. The number of aliphatic hydroxyl groups is 1. The lowest BCUT2D eigenvalue weighted by molar-refractivity contribution is 0.165. The van der Waals surface area contributed by atoms with Crippen LogP contribution in [0.3, 0.4) is 0 Å². The Morgan fingerprint density at radius 1 is 0.868 bits per heavy atom. The van der Waals surface area contributed by atoms with E-state index in [1.807, 2.05) is 0 Å². The van der Waals surface area contributed by atoms with Gasteiger partial charge >= 0.3 is 0 Å². The van der Waals surface area contributed by atoms with Crippen LogP contribution < -0.4 is 5.32 Å². The molecular formula is C35H48N2O. The average Bonchev–Trinajstić information content (AvgIpc) is 2.83. The highest BCUT2D eigenvalue weighted by atomic mass is 16.3. The summed E-state index contributed by atoms with van der Waals surface area (Å²) < 4.78 is 0. The normalized spacial score (nSPS) is 12.8. The molecule has 0 bridgehead atoms. The van der Waals surface area contributed by atoms with Crippen LogP contribution in [-0.2, 0) is 12.8 Å². The molecule has 1 atom stereocenters. The Morgan fingerprint density at radius 2 is 1.47 bits per heavy atom. The number of aliphatic hydroxyl groups excluding tert-OH is 1. The Balaban J connectivity index is 1.82. The molecule has 0 aliphatic rings. The van der Waals surface area contributed by atoms with Gasteiger partial charge in [-0.2, -0.15) is 0 Å². The zero-order valence-electron chi connectivity index (χ0n) is 24.7. The molecule has 38 heavy (non-hydrogen) atoms. The van der Waals surface area contributed by atoms with Crippen molar-refractivity contribution in [3.63, 3.8) is 0 Å². The lowest BCUT2D eigenvalue weighted by Gasteiger charge is -2.39. The number of aryl methyl sites for hydroxylation is 1. The van der Waals surface area contributed by atoms with Gasteiger partial charge in [-0.3, -0.25) is 0 Å². The summed E-state index contributed by atoms with van der Waals surface area (Å²) in [5, 5.41) is 17.2. The molecule has 0 heterocycles. The summed E-state index contributed by atoms with van der Waals surface area (Å²) >= 11 is 0. The minimum Gasteiger partial charge on any atom is -0.393 e. The van der Waals surface area contributed by atoms with Crippen molar-refractivity contribution >= 4 is 22.2 Å². The quantitative estimate of drug-likeness (QED) is 0.272. The molecule has 0 aliphatic carbocycles. The molecule has 204 valence electrons. The monoisotopic (exact) mass is 512 g/mol. The van der Waals surface area contributed by atoms with Gasteiger partial charge in [0.05, 0.1) is 6.10 Å². The number of nitrogens with zero attached hydrogens (tertiary/aromatic N) is 1. The van der Waals surface area contributed by atoms with Crippen molar-refractivity contribution < 1.29 is 5.11 Å². The summed E-state index contributed by atoms with van der Waals surface area (Å²) in [6.07, 6.45) is 2.65. The van der Waals surface area contributed by atoms with Crippen LogP contribution in [0.25, 0.3) is 22.2 Å². The molecule has 3 nitrogen and oxygen atoms in total. The number of fused-ring (bicyclic) bond motifs is 1. The van der Waals surface area contributed by atoms with Gasteiger partial charge in [-0.05, 0) is 95.2 Å². The largest absolute Gasteiger partial charge is 0.393 e. The first kappa shape index (κ1) is 29.5. The van der Waals surface area contributed by atoms with Crippen LogP contribution in [0.4, 0.5) is 0 Å². The first-order chi connectivity index (χ1) is 17.8. The zero-order chi connectivity index (χ0) is 28.1. The maximum Gasteiger partial charge on any atom is 0.0584 e. The van der Waals surface area contributed by atoms with Crippen LogP contribution in [0.1, 0.15) is 83.6 Å². The van der Waals surface area contributed by atoms with Crippen LogP contribution in [0.2, 0.25) is 0 Å². The van der Waals surface area contributed by atoms with Gasteiger partial charge in [0.15, 0.2) is 0 Å². The minimum absolute atomic E-state index is 0.0191. The van der Waals surface area contributed by atoms with E-state index in [1.165, 1.54) is 16.3 Å². The third kappa shape index (κ3) is 7.74. The first-order valence-electron chi connectivity index (χ1n) is 14.0. The second-order valence-electron chi connectivity index (χ2n) is 12.5. The SMILES string of the molecule is C=C(NC(C)(C)C)c1cc2ccccc2cc1CCC(O)Cc1ccccc1C(=C)N(CCC)C(C)(C)C. The van der Waals surface area contributed by atoms with Gasteiger partial charge in [-0.1, -0.05) is 74.7 Å². The molecule has 0 amide bonds. The summed E-state index contributed by atoms with van der Waals surface area (Å²) in [5.41, 5.74) is 6.47. The fourth-order valence-electron chi connectivity index (χ4n) is 5.20. The molecule has 0 saturated carbocycles. The Labute approximate surface area is 231 Å². The molecule has 0 aromatic heterocycles. The Kier molecular flexibility index (Phi) is 9.49. The second-order valence-corrected chi connectivity index (χ2v) is 12.5. The molecular weight excluding hydrogens is 464 g/mol. The van der Waals surface area contributed by atoms with Gasteiger partial charge in [-0.15, -0.1) is 0 Å². The number of nitrogens with one attached hydrogen (secondary N) is 1. The third-order valence-electron chi connectivity index (χ3n) is 6.94. The summed E-state index contributed by atoms with van der Waals surface area (Å²) in [6, 6.07) is 21.3. The summed E-state index contributed by atoms with van der Waals surface area (Å²) in [5.74, 6) is 0. The van der Waals surface area contributed by atoms with Gasteiger partial charge in [0.2, 0.25) is 0 Å². The highest BCUT2D eigenvalue weighted by Gasteiger charge is 2.24. The van der Waals surface area contributed by atoms with E-state index < -0.39 is 6.10 Å². The van der Waals surface area contributed by atoms with Crippen LogP contribution in [0.5, 0.6) is 0 Å². The van der Waals surface area contributed by atoms with Gasteiger partial charge in [0, 0.05) is 40.1 Å². The van der Waals surface area contributed by atoms with Crippen LogP contribution in [-0.4, -0.2) is 33.7 Å². The Bertz CT molecular complexity index is 1260. The number of rotatable bonds is 11. The maximum absolute atomic E-state index is 11.2. The molecule has 0 fully saturated rings. The van der Waals surface area contributed by atoms with Crippen molar-refractivity contribution in [2.24, 2.45) is 0 Å². The summed E-state index contributed by atoms with van der Waals surface area (Å²) in [4.78, 5) is 2.38. The highest BCUT2D eigenvalue weighted by molar-refractivity contribution is 5.87. The lowest BCUT2D eigenvalue weighted by atomic mass is 9.92. The highest BCUT2D eigenvalue weighted by Crippen LogP contribution is 2.30. The number of hydrogen-bond acceptors (Lipinski definition) is 3. The van der Waals surface area contributed by atoms with E-state index in [-0.39, 0.29) is 11.1 Å². The molecule has 3 heteroatoms. The predicted molar refractivity (Wildman–Crippen MR) is 166 cm³/mol. The lowest BCUT2D eigenvalue weighted by Crippen LogP contribution is -2.40. The fraction of sp³-hybridized carbons (Fsp3) is 0.429. The molecule has 0 spiro atoms. The smallest absolute Gasteiger partial charge is 0.0584 e. The molecule has 1 unspecified atom stereocenters. The number of hydrogen-bond donors (Lipinski definition) is 2. The molecule has 0 saturated heterocycles. The second kappa shape index (κ2) is 12.2. The van der Waals surface area contributed by atoms with Crippen LogP contribution in [0.15, 0.2) is 73.8 Å². The van der Waals surface area contributed by atoms with Crippen molar-refractivity contribution in [3.8, 4) is 0 Å². The van der Waals surface area contributed by atoms with E-state index in [2.05, 4.69) is 133 Å². The zero-order valence-corrected chi connectivity index (χ0v) is 24.7. The average molecular weight is 513 g/mol. The van der Waals surface area contributed by atoms with Crippen LogP contribution in [0, 0.1) is 0 Å². The molecule has 3 rings (SSSR count). The minimum atomic E-state index is -0.457. The molecule has 2 N–H and O–H groups in total. The van der Waals surface area contributed by atoms with E-state index in [0.717, 1.165) is 47.5 Å². The van der Waals surface area contributed by atoms with Gasteiger partial charge in [-0.25, -0.2) is 0 Å². The van der Waals surface area contributed by atoms with Crippen molar-refractivity contribution in [2.75, 3.05) is 6.54 Å². The third-order valence-corrected chi connectivity index (χ3v) is 6.94. The van der Waals surface area contributed by atoms with Crippen molar-refractivity contribution in [3.05, 3.63) is 96.1 Å². The number of benzene rings is 3. The molecule has 0 aliphatic heterocycles. The van der Waals surface area contributed by atoms with E-state index in [0.29, 0.717) is 12.8 Å².